The van der Waals surface area contributed by atoms with E-state index in [2.05, 4.69) is 48.7 Å². The van der Waals surface area contributed by atoms with Crippen LogP contribution in [0.1, 0.15) is 32.0 Å². The van der Waals surface area contributed by atoms with Gasteiger partial charge in [0.15, 0.2) is 0 Å². The van der Waals surface area contributed by atoms with Crippen LogP contribution in [0.15, 0.2) is 12.1 Å². The molecule has 0 aromatic carbocycles. The Hall–Kier alpha value is -1.02. The number of hydrogen-bond donors (Lipinski definition) is 0. The van der Waals surface area contributed by atoms with Gasteiger partial charge in [-0.2, -0.15) is 0 Å². The van der Waals surface area contributed by atoms with E-state index in [-0.39, 0.29) is 0 Å². The average Bonchev–Trinajstić information content (AvgIpc) is 3.41. The lowest BCUT2D eigenvalue weighted by Crippen LogP contribution is -1.78. The van der Waals surface area contributed by atoms with E-state index in [0.29, 0.717) is 0 Å². The van der Waals surface area contributed by atoms with Gasteiger partial charge in [-0.1, -0.05) is 0 Å². The monoisotopic (exact) mass is 468 g/mol. The van der Waals surface area contributed by atoms with E-state index < -0.39 is 0 Å². The quantitative estimate of drug-likeness (QED) is 0.208. The molecule has 0 aliphatic heterocycles. The molecule has 6 aromatic rings. The summed E-state index contributed by atoms with van der Waals surface area (Å²) in [6.45, 7) is 4.48. The third kappa shape index (κ3) is 1.74. The minimum Gasteiger partial charge on any atom is -0.139 e. The van der Waals surface area contributed by atoms with Crippen LogP contribution >= 0.6 is 68.0 Å². The molecule has 2 aliphatic rings. The second-order valence-electron chi connectivity index (χ2n) is 7.75. The predicted octanol–water partition coefficient (Wildman–Crippen LogP) is 9.27. The summed E-state index contributed by atoms with van der Waals surface area (Å²) in [5.74, 6) is 0. The topological polar surface area (TPSA) is 0 Å². The Balaban J connectivity index is 1.36. The van der Waals surface area contributed by atoms with Crippen LogP contribution in [-0.4, -0.2) is 0 Å². The van der Waals surface area contributed by atoms with Crippen LogP contribution in [0, 0.1) is 13.8 Å². The molecular weight excluding hydrogens is 457 g/mol. The van der Waals surface area contributed by atoms with Gasteiger partial charge in [0.25, 0.3) is 0 Å². The molecule has 0 spiro atoms. The Labute approximate surface area is 185 Å². The molecule has 0 amide bonds. The maximum absolute atomic E-state index is 2.38. The average molecular weight is 469 g/mol. The first-order chi connectivity index (χ1) is 13.7. The first-order valence-electron chi connectivity index (χ1n) is 9.27. The van der Waals surface area contributed by atoms with Gasteiger partial charge >= 0.3 is 0 Å². The lowest BCUT2D eigenvalue weighted by atomic mass is 10.1. The van der Waals surface area contributed by atoms with Crippen molar-refractivity contribution in [1.82, 2.24) is 0 Å². The maximum atomic E-state index is 2.38. The van der Waals surface area contributed by atoms with E-state index in [4.69, 9.17) is 0 Å². The summed E-state index contributed by atoms with van der Waals surface area (Å²) in [6, 6.07) is 4.76. The third-order valence-corrected chi connectivity index (χ3v) is 13.9. The lowest BCUT2D eigenvalue weighted by molar-refractivity contribution is 1.32. The summed E-state index contributed by atoms with van der Waals surface area (Å²) in [7, 11) is 0. The largest absolute Gasteiger partial charge is 0.139 e. The molecular formula is C22H12S6. The van der Waals surface area contributed by atoms with Crippen LogP contribution < -0.4 is 0 Å². The zero-order valence-corrected chi connectivity index (χ0v) is 19.9. The minimum atomic E-state index is 1.15. The first-order valence-corrected chi connectivity index (χ1v) is 14.2. The standard InChI is InChI=1S/C22H12S6/c1-7-3-13-15(23-7)9-5-11-19(17(9)25-13)27-22-12-6-10-16-14(4-8(2)24-16)26-18(10)20(12)28-21(11)22/h3-4H,5-6H2,1-2H3. The van der Waals surface area contributed by atoms with Crippen molar-refractivity contribution in [2.75, 3.05) is 0 Å². The second-order valence-corrected chi connectivity index (χ2v) is 14.4. The van der Waals surface area contributed by atoms with Crippen LogP contribution in [0.5, 0.6) is 0 Å². The fourth-order valence-corrected chi connectivity index (χ4v) is 13.3. The molecule has 0 nitrogen and oxygen atoms in total. The maximum Gasteiger partial charge on any atom is 0.0502 e. The van der Waals surface area contributed by atoms with E-state index >= 15 is 0 Å². The smallest absolute Gasteiger partial charge is 0.0502 e. The lowest BCUT2D eigenvalue weighted by Gasteiger charge is -1.93. The first kappa shape index (κ1) is 15.8. The summed E-state index contributed by atoms with van der Waals surface area (Å²) < 4.78 is 9.28. The van der Waals surface area contributed by atoms with E-state index in [1.54, 1.807) is 60.6 Å². The molecule has 136 valence electrons. The molecule has 0 saturated heterocycles. The predicted molar refractivity (Wildman–Crippen MR) is 132 cm³/mol. The van der Waals surface area contributed by atoms with Gasteiger partial charge in [-0.05, 0) is 48.2 Å². The zero-order chi connectivity index (χ0) is 18.3. The normalized spacial score (nSPS) is 14.5. The van der Waals surface area contributed by atoms with Crippen molar-refractivity contribution in [2.24, 2.45) is 0 Å². The molecule has 0 bridgehead atoms. The molecule has 0 atom stereocenters. The van der Waals surface area contributed by atoms with Crippen molar-refractivity contribution < 1.29 is 0 Å². The van der Waals surface area contributed by atoms with Crippen molar-refractivity contribution in [1.29, 1.82) is 0 Å². The fraction of sp³-hybridized carbons (Fsp3) is 0.182. The van der Waals surface area contributed by atoms with Crippen LogP contribution in [0.4, 0.5) is 0 Å². The van der Waals surface area contributed by atoms with Gasteiger partial charge in [0.05, 0.1) is 28.9 Å². The van der Waals surface area contributed by atoms with E-state index in [1.807, 2.05) is 45.3 Å². The molecule has 0 fully saturated rings. The molecule has 0 saturated carbocycles. The van der Waals surface area contributed by atoms with Crippen molar-refractivity contribution in [3.05, 3.63) is 44.1 Å². The number of fused-ring (bicyclic) bond motifs is 13. The minimum absolute atomic E-state index is 1.15. The van der Waals surface area contributed by atoms with Gasteiger partial charge in [-0.3, -0.25) is 0 Å². The van der Waals surface area contributed by atoms with Gasteiger partial charge in [-0.25, -0.2) is 0 Å². The SMILES string of the molecule is Cc1cc2sc3c(c2s1)Cc1c-3sc2c3c(sc12)-c1sc2cc(C)sc2c1C3. The molecule has 6 aromatic heterocycles. The molecule has 0 N–H and O–H groups in total. The molecule has 8 rings (SSSR count). The molecule has 6 heteroatoms. The van der Waals surface area contributed by atoms with E-state index in [1.165, 1.54) is 19.2 Å². The van der Waals surface area contributed by atoms with Gasteiger partial charge in [-0.15, -0.1) is 68.0 Å². The zero-order valence-electron chi connectivity index (χ0n) is 15.0. The summed E-state index contributed by atoms with van der Waals surface area (Å²) in [6.07, 6.45) is 2.30. The van der Waals surface area contributed by atoms with Crippen molar-refractivity contribution >= 4 is 96.2 Å². The van der Waals surface area contributed by atoms with Crippen LogP contribution in [0.2, 0.25) is 0 Å². The van der Waals surface area contributed by atoms with Crippen LogP contribution in [0.3, 0.4) is 0 Å². The van der Waals surface area contributed by atoms with Gasteiger partial charge in [0.2, 0.25) is 0 Å². The highest BCUT2D eigenvalue weighted by Crippen LogP contribution is 2.60. The molecule has 0 radical (unpaired) electrons. The highest BCUT2D eigenvalue weighted by atomic mass is 32.1. The van der Waals surface area contributed by atoms with Gasteiger partial charge in [0.1, 0.15) is 0 Å². The molecule has 2 aliphatic carbocycles. The molecule has 0 unspecified atom stereocenters. The Kier molecular flexibility index (Phi) is 2.81. The van der Waals surface area contributed by atoms with Crippen molar-refractivity contribution in [3.63, 3.8) is 0 Å². The third-order valence-electron chi connectivity index (χ3n) is 5.99. The number of thiophene rings is 6. The molecule has 28 heavy (non-hydrogen) atoms. The number of rotatable bonds is 0. The van der Waals surface area contributed by atoms with E-state index in [9.17, 15) is 0 Å². The highest BCUT2D eigenvalue weighted by molar-refractivity contribution is 7.37. The number of aryl methyl sites for hydroxylation is 2. The van der Waals surface area contributed by atoms with Crippen LogP contribution in [-0.2, 0) is 12.8 Å². The van der Waals surface area contributed by atoms with Crippen LogP contribution in [0.25, 0.3) is 47.7 Å². The van der Waals surface area contributed by atoms with E-state index in [0.717, 1.165) is 12.8 Å². The fourth-order valence-electron chi connectivity index (χ4n) is 4.86. The van der Waals surface area contributed by atoms with Crippen molar-refractivity contribution in [3.8, 4) is 19.5 Å². The van der Waals surface area contributed by atoms with Gasteiger partial charge < -0.3 is 0 Å². The molecule has 6 heterocycles. The Morgan fingerprint density at radius 2 is 0.893 bits per heavy atom. The Morgan fingerprint density at radius 1 is 0.500 bits per heavy atom. The Morgan fingerprint density at radius 3 is 1.36 bits per heavy atom. The summed E-state index contributed by atoms with van der Waals surface area (Å²) in [5.41, 5.74) is 6.49. The number of hydrogen-bond acceptors (Lipinski definition) is 6. The summed E-state index contributed by atoms with van der Waals surface area (Å²) >= 11 is 12.2. The Bertz CT molecular complexity index is 1510. The highest BCUT2D eigenvalue weighted by Gasteiger charge is 2.34. The second kappa shape index (κ2) is 4.99. The van der Waals surface area contributed by atoms with Gasteiger partial charge in [0, 0.05) is 41.4 Å². The van der Waals surface area contributed by atoms with Crippen molar-refractivity contribution in [2.45, 2.75) is 26.7 Å². The summed E-state index contributed by atoms with van der Waals surface area (Å²) in [4.78, 5) is 9.19. The summed E-state index contributed by atoms with van der Waals surface area (Å²) in [5, 5.41) is 0.